The highest BCUT2D eigenvalue weighted by molar-refractivity contribution is 5.13. The highest BCUT2D eigenvalue weighted by Crippen LogP contribution is 2.04. The van der Waals surface area contributed by atoms with Crippen molar-refractivity contribution < 1.29 is 4.74 Å². The Morgan fingerprint density at radius 2 is 2.06 bits per heavy atom. The van der Waals surface area contributed by atoms with Crippen molar-refractivity contribution in [1.29, 1.82) is 0 Å². The van der Waals surface area contributed by atoms with E-state index in [1.54, 1.807) is 0 Å². The summed E-state index contributed by atoms with van der Waals surface area (Å²) >= 11 is 0. The van der Waals surface area contributed by atoms with Gasteiger partial charge in [-0.3, -0.25) is 0 Å². The van der Waals surface area contributed by atoms with Crippen LogP contribution in [0.2, 0.25) is 0 Å². The minimum Gasteiger partial charge on any atom is -0.376 e. The minimum absolute atomic E-state index is 0.713. The summed E-state index contributed by atoms with van der Waals surface area (Å²) in [6, 6.07) is 10.3. The summed E-state index contributed by atoms with van der Waals surface area (Å²) in [5.41, 5.74) is 2.65. The van der Waals surface area contributed by atoms with E-state index in [-0.39, 0.29) is 0 Å². The summed E-state index contributed by atoms with van der Waals surface area (Å²) < 4.78 is 5.64. The standard InChI is InChI=1S/C15H23NO/c1-14(7-6-11-16-2)10-12-17-13-15-8-4-3-5-9-15/h3-5,7-9,16H,6,10-13H2,1-2H3/b14-7-. The Labute approximate surface area is 105 Å². The molecule has 0 amide bonds. The fourth-order valence-corrected chi connectivity index (χ4v) is 1.56. The zero-order valence-electron chi connectivity index (χ0n) is 10.9. The third-order valence-electron chi connectivity index (χ3n) is 2.64. The molecule has 94 valence electrons. The lowest BCUT2D eigenvalue weighted by Gasteiger charge is -2.05. The van der Waals surface area contributed by atoms with Gasteiger partial charge in [-0.25, -0.2) is 0 Å². The van der Waals surface area contributed by atoms with E-state index in [1.807, 2.05) is 25.2 Å². The molecule has 0 aliphatic carbocycles. The molecule has 1 N–H and O–H groups in total. The molecule has 1 aromatic carbocycles. The van der Waals surface area contributed by atoms with Gasteiger partial charge < -0.3 is 10.1 Å². The van der Waals surface area contributed by atoms with E-state index in [0.717, 1.165) is 26.0 Å². The highest BCUT2D eigenvalue weighted by atomic mass is 16.5. The molecule has 0 spiro atoms. The number of benzene rings is 1. The summed E-state index contributed by atoms with van der Waals surface area (Å²) in [5, 5.41) is 3.14. The van der Waals surface area contributed by atoms with Crippen LogP contribution in [-0.2, 0) is 11.3 Å². The molecular formula is C15H23NO. The van der Waals surface area contributed by atoms with Gasteiger partial charge in [0.25, 0.3) is 0 Å². The average molecular weight is 233 g/mol. The predicted octanol–water partition coefficient (Wildman–Crippen LogP) is 3.15. The quantitative estimate of drug-likeness (QED) is 0.550. The SMILES string of the molecule is CNCC/C=C(/C)CCOCc1ccccc1. The lowest BCUT2D eigenvalue weighted by atomic mass is 10.2. The van der Waals surface area contributed by atoms with E-state index in [1.165, 1.54) is 11.1 Å². The molecule has 0 saturated carbocycles. The van der Waals surface area contributed by atoms with Gasteiger partial charge in [0.1, 0.15) is 0 Å². The van der Waals surface area contributed by atoms with E-state index in [2.05, 4.69) is 30.4 Å². The first-order valence-electron chi connectivity index (χ1n) is 6.25. The molecule has 17 heavy (non-hydrogen) atoms. The van der Waals surface area contributed by atoms with Gasteiger partial charge in [-0.15, -0.1) is 0 Å². The molecule has 0 aromatic heterocycles. The maximum atomic E-state index is 5.64. The fourth-order valence-electron chi connectivity index (χ4n) is 1.56. The van der Waals surface area contributed by atoms with Crippen LogP contribution < -0.4 is 5.32 Å². The van der Waals surface area contributed by atoms with E-state index in [0.29, 0.717) is 6.61 Å². The predicted molar refractivity (Wildman–Crippen MR) is 73.0 cm³/mol. The molecule has 0 radical (unpaired) electrons. The van der Waals surface area contributed by atoms with Crippen LogP contribution in [0.1, 0.15) is 25.3 Å². The second kappa shape index (κ2) is 8.97. The summed E-state index contributed by atoms with van der Waals surface area (Å²) in [4.78, 5) is 0. The molecule has 0 atom stereocenters. The smallest absolute Gasteiger partial charge is 0.0717 e. The monoisotopic (exact) mass is 233 g/mol. The molecule has 1 aromatic rings. The van der Waals surface area contributed by atoms with Crippen LogP contribution in [0, 0.1) is 0 Å². The van der Waals surface area contributed by atoms with Crippen molar-refractivity contribution in [3.8, 4) is 0 Å². The van der Waals surface area contributed by atoms with Crippen molar-refractivity contribution >= 4 is 0 Å². The largest absolute Gasteiger partial charge is 0.376 e. The zero-order valence-corrected chi connectivity index (χ0v) is 10.9. The Kier molecular flexibility index (Phi) is 7.35. The third kappa shape index (κ3) is 6.93. The first-order chi connectivity index (χ1) is 8.33. The maximum Gasteiger partial charge on any atom is 0.0717 e. The Hall–Kier alpha value is -1.12. The highest BCUT2D eigenvalue weighted by Gasteiger charge is 1.93. The van der Waals surface area contributed by atoms with Gasteiger partial charge in [-0.2, -0.15) is 0 Å². The molecule has 0 fully saturated rings. The third-order valence-corrected chi connectivity index (χ3v) is 2.64. The number of hydrogen-bond acceptors (Lipinski definition) is 2. The van der Waals surface area contributed by atoms with Gasteiger partial charge in [-0.05, 0) is 38.9 Å². The van der Waals surface area contributed by atoms with Crippen molar-refractivity contribution in [1.82, 2.24) is 5.32 Å². The molecule has 1 rings (SSSR count). The lowest BCUT2D eigenvalue weighted by molar-refractivity contribution is 0.124. The van der Waals surface area contributed by atoms with Crippen molar-refractivity contribution in [3.63, 3.8) is 0 Å². The number of nitrogens with one attached hydrogen (secondary N) is 1. The van der Waals surface area contributed by atoms with Gasteiger partial charge in [0.2, 0.25) is 0 Å². The Morgan fingerprint density at radius 3 is 2.76 bits per heavy atom. The Morgan fingerprint density at radius 1 is 1.29 bits per heavy atom. The molecule has 2 heteroatoms. The first kappa shape index (κ1) is 13.9. The molecule has 0 bridgehead atoms. The van der Waals surface area contributed by atoms with Gasteiger partial charge in [0, 0.05) is 0 Å². The molecule has 2 nitrogen and oxygen atoms in total. The van der Waals surface area contributed by atoms with Crippen LogP contribution in [0.4, 0.5) is 0 Å². The van der Waals surface area contributed by atoms with E-state index in [9.17, 15) is 0 Å². The van der Waals surface area contributed by atoms with Crippen LogP contribution in [0.25, 0.3) is 0 Å². The fraction of sp³-hybridized carbons (Fsp3) is 0.467. The number of ether oxygens (including phenoxy) is 1. The Bertz CT molecular complexity index is 319. The van der Waals surface area contributed by atoms with Crippen LogP contribution in [0.15, 0.2) is 42.0 Å². The Balaban J connectivity index is 2.09. The second-order valence-electron chi connectivity index (χ2n) is 4.23. The van der Waals surface area contributed by atoms with Crippen molar-refractivity contribution in [2.75, 3.05) is 20.2 Å². The molecule has 0 unspecified atom stereocenters. The van der Waals surface area contributed by atoms with Crippen molar-refractivity contribution in [2.24, 2.45) is 0 Å². The minimum atomic E-state index is 0.713. The second-order valence-corrected chi connectivity index (χ2v) is 4.23. The molecule has 0 saturated heterocycles. The molecular weight excluding hydrogens is 210 g/mol. The normalized spacial score (nSPS) is 11.8. The zero-order chi connectivity index (χ0) is 12.3. The number of rotatable bonds is 8. The molecule has 0 heterocycles. The topological polar surface area (TPSA) is 21.3 Å². The van der Waals surface area contributed by atoms with Crippen LogP contribution in [-0.4, -0.2) is 20.2 Å². The van der Waals surface area contributed by atoms with E-state index < -0.39 is 0 Å². The van der Waals surface area contributed by atoms with Crippen LogP contribution in [0.5, 0.6) is 0 Å². The van der Waals surface area contributed by atoms with Gasteiger partial charge in [-0.1, -0.05) is 42.0 Å². The van der Waals surface area contributed by atoms with Gasteiger partial charge >= 0.3 is 0 Å². The average Bonchev–Trinajstić information content (AvgIpc) is 2.36. The summed E-state index contributed by atoms with van der Waals surface area (Å²) in [6.07, 6.45) is 4.40. The van der Waals surface area contributed by atoms with E-state index in [4.69, 9.17) is 4.74 Å². The summed E-state index contributed by atoms with van der Waals surface area (Å²) in [5.74, 6) is 0. The summed E-state index contributed by atoms with van der Waals surface area (Å²) in [7, 11) is 1.98. The maximum absolute atomic E-state index is 5.64. The van der Waals surface area contributed by atoms with Gasteiger partial charge in [0.05, 0.1) is 13.2 Å². The van der Waals surface area contributed by atoms with E-state index >= 15 is 0 Å². The summed E-state index contributed by atoms with van der Waals surface area (Å²) in [6.45, 7) is 4.73. The van der Waals surface area contributed by atoms with Crippen molar-refractivity contribution in [3.05, 3.63) is 47.5 Å². The lowest BCUT2D eigenvalue weighted by Crippen LogP contribution is -2.06. The van der Waals surface area contributed by atoms with Gasteiger partial charge in [0.15, 0.2) is 0 Å². The molecule has 0 aliphatic heterocycles. The van der Waals surface area contributed by atoms with Crippen molar-refractivity contribution in [2.45, 2.75) is 26.4 Å². The van der Waals surface area contributed by atoms with Crippen LogP contribution in [0.3, 0.4) is 0 Å². The molecule has 0 aliphatic rings. The number of hydrogen-bond donors (Lipinski definition) is 1. The first-order valence-corrected chi connectivity index (χ1v) is 6.25. The van der Waals surface area contributed by atoms with Crippen LogP contribution >= 0.6 is 0 Å².